The van der Waals surface area contributed by atoms with E-state index in [1.165, 1.54) is 7.11 Å². The highest BCUT2D eigenvalue weighted by Gasteiger charge is 2.18. The van der Waals surface area contributed by atoms with Crippen molar-refractivity contribution in [3.8, 4) is 11.5 Å². The summed E-state index contributed by atoms with van der Waals surface area (Å²) in [6.45, 7) is 1.71. The fourth-order valence-corrected chi connectivity index (χ4v) is 2.17. The van der Waals surface area contributed by atoms with E-state index < -0.39 is 5.25 Å². The summed E-state index contributed by atoms with van der Waals surface area (Å²) >= 11 is 6.96. The van der Waals surface area contributed by atoms with E-state index in [-0.39, 0.29) is 5.97 Å². The lowest BCUT2D eigenvalue weighted by Gasteiger charge is -2.04. The molecule has 0 aliphatic carbocycles. The van der Waals surface area contributed by atoms with Crippen molar-refractivity contribution in [2.24, 2.45) is 0 Å². The molecule has 0 bridgehead atoms. The van der Waals surface area contributed by atoms with Gasteiger partial charge in [0.05, 0.1) is 7.11 Å². The van der Waals surface area contributed by atoms with Gasteiger partial charge < -0.3 is 9.15 Å². The van der Waals surface area contributed by atoms with Crippen molar-refractivity contribution in [1.82, 2.24) is 10.2 Å². The Kier molecular flexibility index (Phi) is 4.44. The fourth-order valence-electron chi connectivity index (χ4n) is 1.33. The number of benzene rings is 1. The zero-order valence-electron chi connectivity index (χ0n) is 10.3. The molecule has 1 heterocycles. The van der Waals surface area contributed by atoms with Gasteiger partial charge in [-0.3, -0.25) is 4.79 Å². The number of carbonyl (C=O) groups is 1. The molecule has 1 aromatic carbocycles. The molecule has 19 heavy (non-hydrogen) atoms. The smallest absolute Gasteiger partial charge is 0.319 e. The van der Waals surface area contributed by atoms with Crippen LogP contribution < -0.4 is 0 Å². The molecular weight excluding hydrogens is 288 g/mol. The first kappa shape index (κ1) is 13.9. The number of rotatable bonds is 4. The van der Waals surface area contributed by atoms with Crippen LogP contribution in [-0.4, -0.2) is 28.5 Å². The molecular formula is C12H11ClN2O3S. The molecule has 0 aliphatic heterocycles. The molecule has 0 saturated carbocycles. The van der Waals surface area contributed by atoms with Crippen LogP contribution in [0.2, 0.25) is 5.02 Å². The summed E-state index contributed by atoms with van der Waals surface area (Å²) < 4.78 is 10.1. The first-order valence-corrected chi connectivity index (χ1v) is 6.70. The van der Waals surface area contributed by atoms with E-state index in [0.717, 1.165) is 17.3 Å². The maximum absolute atomic E-state index is 11.3. The first-order chi connectivity index (χ1) is 9.10. The van der Waals surface area contributed by atoms with Crippen LogP contribution in [0.4, 0.5) is 0 Å². The number of ether oxygens (including phenoxy) is 1. The summed E-state index contributed by atoms with van der Waals surface area (Å²) in [5, 5.41) is 8.36. The maximum atomic E-state index is 11.3. The number of thioether (sulfide) groups is 1. The molecule has 0 N–H and O–H groups in total. The second-order valence-electron chi connectivity index (χ2n) is 3.66. The Balaban J connectivity index is 2.11. The van der Waals surface area contributed by atoms with Crippen LogP contribution in [0.25, 0.3) is 11.5 Å². The highest BCUT2D eigenvalue weighted by molar-refractivity contribution is 8.00. The topological polar surface area (TPSA) is 65.2 Å². The molecule has 0 fully saturated rings. The van der Waals surface area contributed by atoms with Crippen molar-refractivity contribution in [2.75, 3.05) is 7.11 Å². The summed E-state index contributed by atoms with van der Waals surface area (Å²) in [7, 11) is 1.34. The second kappa shape index (κ2) is 6.08. The standard InChI is InChI=1S/C12H11ClN2O3S/c1-7(11(16)17-2)19-12-15-14-10(18-12)8-3-5-9(13)6-4-8/h3-7H,1-2H3. The van der Waals surface area contributed by atoms with Crippen LogP contribution in [-0.2, 0) is 9.53 Å². The lowest BCUT2D eigenvalue weighted by molar-refractivity contribution is -0.139. The molecule has 0 radical (unpaired) electrons. The lowest BCUT2D eigenvalue weighted by Crippen LogP contribution is -2.14. The van der Waals surface area contributed by atoms with Gasteiger partial charge in [0.1, 0.15) is 5.25 Å². The molecule has 0 spiro atoms. The Hall–Kier alpha value is -1.53. The quantitative estimate of drug-likeness (QED) is 0.638. The zero-order chi connectivity index (χ0) is 13.8. The monoisotopic (exact) mass is 298 g/mol. The summed E-state index contributed by atoms with van der Waals surface area (Å²) in [5.41, 5.74) is 0.773. The van der Waals surface area contributed by atoms with Gasteiger partial charge in [-0.25, -0.2) is 0 Å². The Bertz CT molecular complexity index is 571. The fraction of sp³-hybridized carbons (Fsp3) is 0.250. The Labute approximate surface area is 119 Å². The third kappa shape index (κ3) is 3.48. The number of aromatic nitrogens is 2. The number of nitrogens with zero attached hydrogens (tertiary/aromatic N) is 2. The van der Waals surface area contributed by atoms with E-state index >= 15 is 0 Å². The van der Waals surface area contributed by atoms with Gasteiger partial charge in [-0.15, -0.1) is 10.2 Å². The predicted molar refractivity (Wildman–Crippen MR) is 72.1 cm³/mol. The molecule has 0 aliphatic rings. The highest BCUT2D eigenvalue weighted by atomic mass is 35.5. The largest absolute Gasteiger partial charge is 0.468 e. The van der Waals surface area contributed by atoms with E-state index in [1.807, 2.05) is 0 Å². The minimum atomic E-state index is -0.400. The Morgan fingerprint density at radius 1 is 1.37 bits per heavy atom. The van der Waals surface area contributed by atoms with Crippen LogP contribution in [0, 0.1) is 0 Å². The van der Waals surface area contributed by atoms with Crippen molar-refractivity contribution in [1.29, 1.82) is 0 Å². The summed E-state index contributed by atoms with van der Waals surface area (Å²) in [6, 6.07) is 7.05. The van der Waals surface area contributed by atoms with Crippen molar-refractivity contribution < 1.29 is 13.9 Å². The maximum Gasteiger partial charge on any atom is 0.319 e. The van der Waals surface area contributed by atoms with Crippen molar-refractivity contribution >= 4 is 29.3 Å². The average molecular weight is 299 g/mol. The molecule has 7 heteroatoms. The Morgan fingerprint density at radius 3 is 2.68 bits per heavy atom. The lowest BCUT2D eigenvalue weighted by atomic mass is 10.2. The molecule has 0 saturated heterocycles. The Morgan fingerprint density at radius 2 is 2.05 bits per heavy atom. The minimum absolute atomic E-state index is 0.322. The summed E-state index contributed by atoms with van der Waals surface area (Å²) in [4.78, 5) is 11.3. The number of esters is 1. The van der Waals surface area contributed by atoms with Crippen LogP contribution in [0.1, 0.15) is 6.92 Å². The molecule has 100 valence electrons. The van der Waals surface area contributed by atoms with E-state index in [9.17, 15) is 4.79 Å². The van der Waals surface area contributed by atoms with E-state index in [4.69, 9.17) is 16.0 Å². The van der Waals surface area contributed by atoms with Crippen LogP contribution >= 0.6 is 23.4 Å². The molecule has 5 nitrogen and oxygen atoms in total. The molecule has 2 rings (SSSR count). The van der Waals surface area contributed by atoms with Gasteiger partial charge >= 0.3 is 5.97 Å². The molecule has 1 aromatic heterocycles. The third-order valence-corrected chi connectivity index (χ3v) is 3.47. The number of methoxy groups -OCH3 is 1. The summed E-state index contributed by atoms with van der Waals surface area (Å²) in [5.74, 6) is 0.0486. The number of hydrogen-bond donors (Lipinski definition) is 0. The minimum Gasteiger partial charge on any atom is -0.468 e. The van der Waals surface area contributed by atoms with Gasteiger partial charge in [0.25, 0.3) is 5.22 Å². The molecule has 0 amide bonds. The van der Waals surface area contributed by atoms with Gasteiger partial charge in [-0.05, 0) is 31.2 Å². The third-order valence-electron chi connectivity index (χ3n) is 2.31. The average Bonchev–Trinajstić information content (AvgIpc) is 2.87. The van der Waals surface area contributed by atoms with E-state index in [2.05, 4.69) is 14.9 Å². The van der Waals surface area contributed by atoms with Gasteiger partial charge in [0.2, 0.25) is 5.89 Å². The van der Waals surface area contributed by atoms with Crippen molar-refractivity contribution in [3.05, 3.63) is 29.3 Å². The molecule has 1 atom stereocenters. The van der Waals surface area contributed by atoms with E-state index in [1.54, 1.807) is 31.2 Å². The highest BCUT2D eigenvalue weighted by Crippen LogP contribution is 2.27. The van der Waals surface area contributed by atoms with Crippen LogP contribution in [0.3, 0.4) is 0 Å². The van der Waals surface area contributed by atoms with Gasteiger partial charge in [0, 0.05) is 10.6 Å². The van der Waals surface area contributed by atoms with E-state index in [0.29, 0.717) is 16.1 Å². The number of halogens is 1. The van der Waals surface area contributed by atoms with Gasteiger partial charge in [0.15, 0.2) is 0 Å². The predicted octanol–water partition coefficient (Wildman–Crippen LogP) is 3.04. The normalized spacial score (nSPS) is 12.2. The number of carbonyl (C=O) groups excluding carboxylic acids is 1. The van der Waals surface area contributed by atoms with Gasteiger partial charge in [-0.2, -0.15) is 0 Å². The van der Waals surface area contributed by atoms with Gasteiger partial charge in [-0.1, -0.05) is 23.4 Å². The van der Waals surface area contributed by atoms with Crippen LogP contribution in [0.5, 0.6) is 0 Å². The zero-order valence-corrected chi connectivity index (χ0v) is 11.9. The molecule has 1 unspecified atom stereocenters. The first-order valence-electron chi connectivity index (χ1n) is 5.44. The SMILES string of the molecule is COC(=O)C(C)Sc1nnc(-c2ccc(Cl)cc2)o1. The second-order valence-corrected chi connectivity index (χ2v) is 5.39. The number of hydrogen-bond acceptors (Lipinski definition) is 6. The van der Waals surface area contributed by atoms with Crippen molar-refractivity contribution in [2.45, 2.75) is 17.4 Å². The summed E-state index contributed by atoms with van der Waals surface area (Å²) in [6.07, 6.45) is 0. The van der Waals surface area contributed by atoms with Crippen LogP contribution in [0.15, 0.2) is 33.9 Å². The van der Waals surface area contributed by atoms with Crippen molar-refractivity contribution in [3.63, 3.8) is 0 Å². The molecule has 2 aromatic rings.